The van der Waals surface area contributed by atoms with Crippen molar-refractivity contribution >= 4 is 0 Å². The predicted molar refractivity (Wildman–Crippen MR) is 408 cm³/mol. The van der Waals surface area contributed by atoms with Crippen LogP contribution in [0, 0.1) is 95.4 Å². The lowest BCUT2D eigenvalue weighted by Gasteiger charge is -2.14. The van der Waals surface area contributed by atoms with Crippen LogP contribution in [0.15, 0.2) is 225 Å². The standard InChI is InChI=1S/C25H30N.C24H28N.C22H24N.C21H22N/c1-17(2)12-22-14-25(26(6)16-20(22)5)24-15-23(18(3)13-19(24)4)21-10-8-7-9-11-21;1-16(2)21-14-24(25(6)15-19(21)5)23-13-22(17(3)12-18(23)4)20-10-8-7-9-11-20;1-15-12-22(23(5)14-18(15)4)21-13-20(16(2)11-17(21)3)19-9-7-6-8-10-19;1-15-10-11-21(22(4)14-15)20-13-19(16(2)12-17(20)3)18-8-6-5-7-9-18/h7-11,13-17H,12H2,1-6H3;7-16H,1-6H3;6-14H,1-5H3;5-14H,1-4H3/q4*+1/i3D3,5D3,12D2;3D3,5D3,16D;2D3,4D3;1D3,2D3. The average Bonchev–Trinajstić information content (AvgIpc) is 0.739. The van der Waals surface area contributed by atoms with E-state index in [1.807, 2.05) is 186 Å². The van der Waals surface area contributed by atoms with Crippen molar-refractivity contribution in [3.8, 4) is 89.5 Å². The van der Waals surface area contributed by atoms with Crippen LogP contribution in [0.3, 0.4) is 0 Å². The highest BCUT2D eigenvalue weighted by Gasteiger charge is 2.23. The highest BCUT2D eigenvalue weighted by molar-refractivity contribution is 5.79. The summed E-state index contributed by atoms with van der Waals surface area (Å²) in [5.74, 6) is -1.57. The van der Waals surface area contributed by atoms with Gasteiger partial charge in [-0.05, 0) is 244 Å². The van der Waals surface area contributed by atoms with Gasteiger partial charge in [-0.2, -0.15) is 0 Å². The molecule has 0 N–H and O–H groups in total. The maximum atomic E-state index is 8.65. The van der Waals surface area contributed by atoms with Gasteiger partial charge in [0.15, 0.2) is 24.8 Å². The van der Waals surface area contributed by atoms with Crippen LogP contribution in [0.4, 0.5) is 0 Å². The van der Waals surface area contributed by atoms with Crippen molar-refractivity contribution in [2.45, 2.75) is 129 Å². The van der Waals surface area contributed by atoms with E-state index in [9.17, 15) is 0 Å². The monoisotopic (exact) mass is 1290 g/mol. The molecular formula is C92H104N4+4. The summed E-state index contributed by atoms with van der Waals surface area (Å²) >= 11 is 0. The number of nitrogens with zero attached hydrogens (tertiary/aromatic N) is 4. The summed E-state index contributed by atoms with van der Waals surface area (Å²) in [6.07, 6.45) is 4.39. The quantitative estimate of drug-likeness (QED) is 0.115. The fraction of sp³-hybridized carbons (Fsp3) is 0.261. The largest absolute Gasteiger partial charge is 0.212 e. The smallest absolute Gasteiger partial charge is 0.201 e. The van der Waals surface area contributed by atoms with Gasteiger partial charge in [0.05, 0.1) is 0 Å². The van der Waals surface area contributed by atoms with Crippen LogP contribution < -0.4 is 18.3 Å². The van der Waals surface area contributed by atoms with E-state index in [0.717, 1.165) is 72.7 Å². The van der Waals surface area contributed by atoms with E-state index in [0.29, 0.717) is 66.9 Å². The second-order valence-electron chi connectivity index (χ2n) is 25.1. The normalized spacial score (nSPS) is 16.5. The molecule has 0 saturated carbocycles. The predicted octanol–water partition coefficient (Wildman–Crippen LogP) is 21.7. The van der Waals surface area contributed by atoms with Gasteiger partial charge in [0.1, 0.15) is 28.2 Å². The Hall–Kier alpha value is -9.64. The fourth-order valence-electron chi connectivity index (χ4n) is 11.9. The molecule has 96 heavy (non-hydrogen) atoms. The molecule has 4 nitrogen and oxygen atoms in total. The van der Waals surface area contributed by atoms with Crippen LogP contribution in [-0.2, 0) is 34.6 Å². The van der Waals surface area contributed by atoms with Crippen LogP contribution in [-0.4, -0.2) is 0 Å². The number of rotatable bonds is 11. The second kappa shape index (κ2) is 31.3. The molecule has 0 fully saturated rings. The number of aryl methyl sites for hydroxylation is 17. The number of pyridine rings is 4. The topological polar surface area (TPSA) is 15.5 Å². The minimum Gasteiger partial charge on any atom is -0.201 e. The summed E-state index contributed by atoms with van der Waals surface area (Å²) < 4.78 is 222. The molecule has 488 valence electrons. The first-order valence-corrected chi connectivity index (χ1v) is 32.0. The molecular weight excluding hydrogens is 1160 g/mol. The minimum atomic E-state index is -2.48. The molecule has 0 aliphatic heterocycles. The first kappa shape index (κ1) is 42.7. The Kier molecular flexibility index (Phi) is 13.9. The third-order valence-electron chi connectivity index (χ3n) is 17.0. The summed E-state index contributed by atoms with van der Waals surface area (Å²) in [6, 6.07) is 60.3. The third-order valence-corrected chi connectivity index (χ3v) is 17.0. The van der Waals surface area contributed by atoms with Crippen LogP contribution in [0.25, 0.3) is 89.5 Å². The molecule has 0 aliphatic carbocycles. The molecule has 0 spiro atoms. The average molecular weight is 1290 g/mol. The molecule has 0 aliphatic rings. The van der Waals surface area contributed by atoms with E-state index >= 15 is 0 Å². The van der Waals surface area contributed by atoms with Crippen LogP contribution in [0.2, 0.25) is 0 Å². The second-order valence-corrected chi connectivity index (χ2v) is 25.1. The molecule has 4 heterocycles. The Bertz CT molecular complexity index is 5810. The van der Waals surface area contributed by atoms with E-state index in [-0.39, 0.29) is 33.4 Å². The van der Waals surface area contributed by atoms with Crippen LogP contribution in [0.1, 0.15) is 154 Å². The van der Waals surface area contributed by atoms with E-state index in [4.69, 9.17) is 37.0 Å². The summed E-state index contributed by atoms with van der Waals surface area (Å²) in [4.78, 5) is 0. The van der Waals surface area contributed by atoms with Gasteiger partial charge in [-0.15, -0.1) is 0 Å². The van der Waals surface area contributed by atoms with Crippen molar-refractivity contribution in [2.24, 2.45) is 34.1 Å². The van der Waals surface area contributed by atoms with Gasteiger partial charge in [0.2, 0.25) is 22.8 Å². The van der Waals surface area contributed by atoms with Crippen molar-refractivity contribution in [1.82, 2.24) is 0 Å². The zero-order valence-electron chi connectivity index (χ0n) is 84.2. The van der Waals surface area contributed by atoms with Crippen molar-refractivity contribution in [2.75, 3.05) is 0 Å². The van der Waals surface area contributed by atoms with Crippen molar-refractivity contribution in [3.63, 3.8) is 0 Å². The highest BCUT2D eigenvalue weighted by Crippen LogP contribution is 2.37. The molecule has 12 aromatic rings. The Labute approximate surface area is 614 Å². The van der Waals surface area contributed by atoms with E-state index < -0.39 is 73.0 Å². The highest BCUT2D eigenvalue weighted by atomic mass is 14.9. The lowest BCUT2D eigenvalue weighted by Crippen LogP contribution is -2.32. The zero-order chi connectivity index (χ0) is 91.9. The summed E-state index contributed by atoms with van der Waals surface area (Å²) in [6.45, 7) is -2.28. The molecule has 0 bridgehead atoms. The van der Waals surface area contributed by atoms with Gasteiger partial charge in [-0.3, -0.25) is 0 Å². The van der Waals surface area contributed by atoms with E-state index in [2.05, 4.69) is 0 Å². The molecule has 0 unspecified atom stereocenters. The minimum absolute atomic E-state index is 0.0301. The molecule has 4 aromatic heterocycles. The van der Waals surface area contributed by atoms with Gasteiger partial charge < -0.3 is 0 Å². The van der Waals surface area contributed by atoms with Gasteiger partial charge >= 0.3 is 0 Å². The van der Waals surface area contributed by atoms with Crippen LogP contribution >= 0.6 is 0 Å². The van der Waals surface area contributed by atoms with Crippen LogP contribution in [0.5, 0.6) is 0 Å². The summed E-state index contributed by atoms with van der Waals surface area (Å²) in [5.41, 5.74) is 18.1. The maximum Gasteiger partial charge on any atom is 0.212 e. The van der Waals surface area contributed by atoms with E-state index in [1.54, 1.807) is 141 Å². The van der Waals surface area contributed by atoms with Crippen molar-refractivity contribution < 1.29 is 55.3 Å². The Balaban J connectivity index is 0.000000187. The van der Waals surface area contributed by atoms with Crippen molar-refractivity contribution in [1.29, 1.82) is 0 Å². The lowest BCUT2D eigenvalue weighted by molar-refractivity contribution is -0.660. The SMILES string of the molecule is [2H]C([2H])([2H])c1c[n+](C)c(-c2cc(-c3ccccc3)c(C([2H])([2H])[2H])cc2C)cc1C.[2H]C([2H])([2H])c1cc(C)c(-c2cc(C([2H])(C)C)c(C([2H])([2H])[2H])c[n+]2C)cc1-c1ccccc1.[2H]C([2H])([2H])c1cc(C)c(-c2cc(C([2H])([2H])C(C)C)c(C([2H])([2H])[2H])c[n+]2C)cc1-c1ccccc1.[2H]C([2H])([2H])c1ccc(-c2cc(-c3ccccc3)c(C([2H])([2H])[2H])cc2C)[n+](C)c1. The molecule has 12 rings (SSSR count). The lowest BCUT2D eigenvalue weighted by atomic mass is 9.91. The first-order valence-electron chi connectivity index (χ1n) is 45.5. The maximum absolute atomic E-state index is 8.65. The fourth-order valence-corrected chi connectivity index (χ4v) is 11.9. The molecule has 8 aromatic carbocycles. The van der Waals surface area contributed by atoms with Gasteiger partial charge in [0, 0.05) is 106 Å². The first-order chi connectivity index (χ1) is 56.5. The third kappa shape index (κ3) is 16.7. The van der Waals surface area contributed by atoms with Gasteiger partial charge in [-0.1, -0.05) is 173 Å². The summed E-state index contributed by atoms with van der Waals surface area (Å²) in [7, 11) is 7.09. The van der Waals surface area contributed by atoms with E-state index in [1.165, 1.54) is 6.20 Å². The number of benzene rings is 8. The Morgan fingerprint density at radius 3 is 0.979 bits per heavy atom. The number of hydrogen-bond donors (Lipinski definition) is 0. The Morgan fingerprint density at radius 1 is 0.302 bits per heavy atom. The summed E-state index contributed by atoms with van der Waals surface area (Å²) in [5, 5.41) is 0. The molecule has 0 amide bonds. The van der Waals surface area contributed by atoms with Crippen molar-refractivity contribution in [3.05, 3.63) is 308 Å². The molecule has 4 heteroatoms. The Morgan fingerprint density at radius 2 is 0.635 bits per heavy atom. The molecule has 0 saturated heterocycles. The van der Waals surface area contributed by atoms with Gasteiger partial charge in [-0.25, -0.2) is 18.3 Å². The molecule has 0 radical (unpaired) electrons. The van der Waals surface area contributed by atoms with Gasteiger partial charge in [0.25, 0.3) is 0 Å². The number of hydrogen-bond acceptors (Lipinski definition) is 0. The number of aromatic nitrogens is 4. The molecule has 0 atom stereocenters. The zero-order valence-corrected chi connectivity index (χ0v) is 57.2.